The molecular weight excluding hydrogens is 406 g/mol. The Bertz CT molecular complexity index is 995. The van der Waals surface area contributed by atoms with Gasteiger partial charge in [0.25, 0.3) is 11.8 Å². The number of aryl methyl sites for hydroxylation is 1. The fourth-order valence-electron chi connectivity index (χ4n) is 3.29. The molecule has 0 spiro atoms. The zero-order valence-electron chi connectivity index (χ0n) is 16.7. The van der Waals surface area contributed by atoms with E-state index in [1.165, 1.54) is 16.4 Å². The summed E-state index contributed by atoms with van der Waals surface area (Å²) in [6.45, 7) is 1.88. The first-order valence-electron chi connectivity index (χ1n) is 9.73. The smallest absolute Gasteiger partial charge is 0.276 e. The van der Waals surface area contributed by atoms with Crippen LogP contribution in [0, 0.1) is 6.92 Å². The minimum absolute atomic E-state index is 0.139. The summed E-state index contributed by atoms with van der Waals surface area (Å²) in [5.41, 5.74) is 5.62. The van der Waals surface area contributed by atoms with Crippen molar-refractivity contribution in [1.29, 1.82) is 0 Å². The fourth-order valence-corrected chi connectivity index (χ4v) is 4.96. The second-order valence-corrected chi connectivity index (χ2v) is 8.97. The van der Waals surface area contributed by atoms with Crippen LogP contribution in [0.1, 0.15) is 24.8 Å². The molecule has 1 fully saturated rings. The molecule has 0 aromatic heterocycles. The van der Waals surface area contributed by atoms with Crippen molar-refractivity contribution in [3.63, 3.8) is 0 Å². The maximum atomic E-state index is 13.0. The number of rotatable bonds is 6. The largest absolute Gasteiger partial charge is 0.484 e. The molecule has 8 nitrogen and oxygen atoms in total. The van der Waals surface area contributed by atoms with Crippen molar-refractivity contribution in [2.45, 2.75) is 37.1 Å². The highest BCUT2D eigenvalue weighted by Crippen LogP contribution is 2.25. The fraction of sp³-hybridized carbons (Fsp3) is 0.333. The zero-order chi connectivity index (χ0) is 21.6. The highest BCUT2D eigenvalue weighted by molar-refractivity contribution is 7.89. The monoisotopic (exact) mass is 431 g/mol. The first-order valence-corrected chi connectivity index (χ1v) is 11.2. The molecule has 1 aliphatic rings. The van der Waals surface area contributed by atoms with Crippen LogP contribution in [0.15, 0.2) is 59.5 Å². The molecule has 9 heteroatoms. The van der Waals surface area contributed by atoms with Crippen LogP contribution in [-0.2, 0) is 19.6 Å². The number of hydrogen-bond donors (Lipinski definition) is 2. The summed E-state index contributed by atoms with van der Waals surface area (Å²) < 4.78 is 32.5. The van der Waals surface area contributed by atoms with Crippen LogP contribution in [0.2, 0.25) is 0 Å². The van der Waals surface area contributed by atoms with Gasteiger partial charge in [0.2, 0.25) is 10.0 Å². The lowest BCUT2D eigenvalue weighted by atomic mass is 10.0. The molecule has 0 radical (unpaired) electrons. The van der Waals surface area contributed by atoms with E-state index in [-0.39, 0.29) is 18.0 Å². The third-order valence-corrected chi connectivity index (χ3v) is 6.71. The minimum atomic E-state index is -3.81. The predicted octanol–water partition coefficient (Wildman–Crippen LogP) is 1.76. The van der Waals surface area contributed by atoms with E-state index in [1.807, 2.05) is 19.1 Å². The Morgan fingerprint density at radius 2 is 1.83 bits per heavy atom. The number of nitrogens with zero attached hydrogens (tertiary/aromatic N) is 1. The first kappa shape index (κ1) is 21.8. The molecular formula is C21H25N3O5S. The van der Waals surface area contributed by atoms with Gasteiger partial charge in [0.15, 0.2) is 6.61 Å². The van der Waals surface area contributed by atoms with Crippen LogP contribution in [0.25, 0.3) is 0 Å². The summed E-state index contributed by atoms with van der Waals surface area (Å²) in [6.07, 6.45) is 1.78. The Labute approximate surface area is 176 Å². The number of piperidine rings is 1. The Morgan fingerprint density at radius 3 is 2.57 bits per heavy atom. The Balaban J connectivity index is 1.58. The van der Waals surface area contributed by atoms with Gasteiger partial charge in [-0.3, -0.25) is 20.4 Å². The Hall–Kier alpha value is -2.91. The molecule has 2 aromatic carbocycles. The summed E-state index contributed by atoms with van der Waals surface area (Å²) in [6, 6.07) is 14.4. The molecule has 160 valence electrons. The average Bonchev–Trinajstić information content (AvgIpc) is 2.76. The molecule has 30 heavy (non-hydrogen) atoms. The van der Waals surface area contributed by atoms with Gasteiger partial charge in [0, 0.05) is 6.54 Å². The van der Waals surface area contributed by atoms with Crippen molar-refractivity contribution >= 4 is 21.8 Å². The Morgan fingerprint density at radius 1 is 1.07 bits per heavy atom. The number of sulfonamides is 1. The topological polar surface area (TPSA) is 105 Å². The van der Waals surface area contributed by atoms with Crippen molar-refractivity contribution in [3.05, 3.63) is 60.2 Å². The van der Waals surface area contributed by atoms with Crippen molar-refractivity contribution in [2.75, 3.05) is 13.2 Å². The minimum Gasteiger partial charge on any atom is -0.484 e. The lowest BCUT2D eigenvalue weighted by Crippen LogP contribution is -2.55. The van der Waals surface area contributed by atoms with Crippen LogP contribution in [0.3, 0.4) is 0 Å². The lowest BCUT2D eigenvalue weighted by Gasteiger charge is -2.33. The molecule has 1 unspecified atom stereocenters. The molecule has 0 bridgehead atoms. The number of carbonyl (C=O) groups is 2. The normalized spacial score (nSPS) is 17.2. The van der Waals surface area contributed by atoms with E-state index < -0.39 is 27.9 Å². The number of hydrazine groups is 1. The zero-order valence-corrected chi connectivity index (χ0v) is 17.5. The molecule has 2 N–H and O–H groups in total. The van der Waals surface area contributed by atoms with Gasteiger partial charge in [0.05, 0.1) is 4.90 Å². The van der Waals surface area contributed by atoms with Crippen molar-refractivity contribution < 1.29 is 22.7 Å². The van der Waals surface area contributed by atoms with Gasteiger partial charge < -0.3 is 4.74 Å². The predicted molar refractivity (Wildman–Crippen MR) is 111 cm³/mol. The summed E-state index contributed by atoms with van der Waals surface area (Å²) in [7, 11) is -3.81. The van der Waals surface area contributed by atoms with Crippen LogP contribution >= 0.6 is 0 Å². The van der Waals surface area contributed by atoms with E-state index in [0.717, 1.165) is 12.0 Å². The molecule has 2 amide bonds. The van der Waals surface area contributed by atoms with Crippen molar-refractivity contribution in [1.82, 2.24) is 15.2 Å². The maximum absolute atomic E-state index is 13.0. The number of ether oxygens (including phenoxy) is 1. The molecule has 1 aliphatic heterocycles. The second kappa shape index (κ2) is 9.73. The van der Waals surface area contributed by atoms with Crippen LogP contribution in [0.5, 0.6) is 5.75 Å². The highest BCUT2D eigenvalue weighted by atomic mass is 32.2. The highest BCUT2D eigenvalue weighted by Gasteiger charge is 2.37. The van der Waals surface area contributed by atoms with Gasteiger partial charge in [-0.2, -0.15) is 4.31 Å². The van der Waals surface area contributed by atoms with Gasteiger partial charge in [-0.25, -0.2) is 8.42 Å². The summed E-state index contributed by atoms with van der Waals surface area (Å²) in [4.78, 5) is 24.8. The number of benzene rings is 2. The molecule has 0 saturated carbocycles. The van der Waals surface area contributed by atoms with E-state index in [0.29, 0.717) is 18.6 Å². The molecule has 1 atom stereocenters. The van der Waals surface area contributed by atoms with Gasteiger partial charge in [-0.1, -0.05) is 36.8 Å². The third kappa shape index (κ3) is 5.37. The standard InChI is InChI=1S/C21H25N3O5S/c1-16-8-7-9-17(14-16)29-15-20(25)22-23-21(26)19-12-5-6-13-24(19)30(27,28)18-10-3-2-4-11-18/h2-4,7-11,14,19H,5-6,12-13,15H2,1H3,(H,22,25)(H,23,26). The third-order valence-electron chi connectivity index (χ3n) is 4.79. The SMILES string of the molecule is Cc1cccc(OCC(=O)NNC(=O)C2CCCCN2S(=O)(=O)c2ccccc2)c1. The van der Waals surface area contributed by atoms with E-state index in [9.17, 15) is 18.0 Å². The number of hydrogen-bond acceptors (Lipinski definition) is 5. The molecule has 2 aromatic rings. The summed E-state index contributed by atoms with van der Waals surface area (Å²) in [5, 5.41) is 0. The van der Waals surface area contributed by atoms with Crippen LogP contribution < -0.4 is 15.6 Å². The second-order valence-electron chi connectivity index (χ2n) is 7.08. The molecule has 3 rings (SSSR count). The maximum Gasteiger partial charge on any atom is 0.276 e. The Kier molecular flexibility index (Phi) is 7.07. The van der Waals surface area contributed by atoms with Crippen LogP contribution in [-0.4, -0.2) is 43.7 Å². The molecule has 1 saturated heterocycles. The number of amides is 2. The molecule has 1 heterocycles. The quantitative estimate of drug-likeness (QED) is 0.678. The van der Waals surface area contributed by atoms with Crippen molar-refractivity contribution in [3.8, 4) is 5.75 Å². The van der Waals surface area contributed by atoms with E-state index in [4.69, 9.17) is 4.74 Å². The number of carbonyl (C=O) groups excluding carboxylic acids is 2. The van der Waals surface area contributed by atoms with E-state index in [2.05, 4.69) is 10.9 Å². The van der Waals surface area contributed by atoms with E-state index in [1.54, 1.807) is 30.3 Å². The molecule has 0 aliphatic carbocycles. The summed E-state index contributed by atoms with van der Waals surface area (Å²) in [5.74, 6) is -0.569. The van der Waals surface area contributed by atoms with Gasteiger partial charge in [-0.15, -0.1) is 0 Å². The average molecular weight is 432 g/mol. The summed E-state index contributed by atoms with van der Waals surface area (Å²) >= 11 is 0. The van der Waals surface area contributed by atoms with Gasteiger partial charge >= 0.3 is 0 Å². The van der Waals surface area contributed by atoms with Crippen LogP contribution in [0.4, 0.5) is 0 Å². The first-order chi connectivity index (χ1) is 14.4. The lowest BCUT2D eigenvalue weighted by molar-refractivity contribution is -0.132. The van der Waals surface area contributed by atoms with E-state index >= 15 is 0 Å². The van der Waals surface area contributed by atoms with Gasteiger partial charge in [-0.05, 0) is 49.6 Å². The van der Waals surface area contributed by atoms with Gasteiger partial charge in [0.1, 0.15) is 11.8 Å². The van der Waals surface area contributed by atoms with Crippen molar-refractivity contribution in [2.24, 2.45) is 0 Å². The number of nitrogens with one attached hydrogen (secondary N) is 2.